The molecule has 0 unspecified atom stereocenters. The van der Waals surface area contributed by atoms with E-state index in [1.54, 1.807) is 0 Å². The maximum Gasteiger partial charge on any atom is 0.207 e. The van der Waals surface area contributed by atoms with Crippen LogP contribution in [0.25, 0.3) is 0 Å². The number of rotatable bonds is 10. The van der Waals surface area contributed by atoms with Crippen LogP contribution in [0.5, 0.6) is 0 Å². The van der Waals surface area contributed by atoms with Crippen molar-refractivity contribution in [3.05, 3.63) is 0 Å². The standard InChI is InChI=1S/C12H23NO4/c1-12(2,3)11(15)4-6-16-8-9-17-7-5-13-10-14/h10H,4-9H2,1-3H3,(H,13,14). The SMILES string of the molecule is CC(C)(C)C(=O)CCOCCOCCNC=O. The van der Waals surface area contributed by atoms with Gasteiger partial charge in [-0.25, -0.2) is 0 Å². The van der Waals surface area contributed by atoms with Crippen LogP contribution in [0.3, 0.4) is 0 Å². The van der Waals surface area contributed by atoms with Crippen molar-refractivity contribution >= 4 is 12.2 Å². The molecule has 1 amide bonds. The second-order valence-corrected chi connectivity index (χ2v) is 4.72. The number of nitrogens with one attached hydrogen (secondary N) is 1. The highest BCUT2D eigenvalue weighted by Gasteiger charge is 2.20. The zero-order chi connectivity index (χ0) is 13.1. The molecule has 0 radical (unpaired) electrons. The first-order valence-corrected chi connectivity index (χ1v) is 5.84. The lowest BCUT2D eigenvalue weighted by molar-refractivity contribution is -0.127. The van der Waals surface area contributed by atoms with E-state index in [0.717, 1.165) is 0 Å². The van der Waals surface area contributed by atoms with Gasteiger partial charge in [-0.05, 0) is 0 Å². The number of Topliss-reactive ketones (excluding diaryl/α,β-unsaturated/α-hetero) is 1. The summed E-state index contributed by atoms with van der Waals surface area (Å²) in [5, 5.41) is 2.49. The predicted octanol–water partition coefficient (Wildman–Crippen LogP) is 0.771. The maximum atomic E-state index is 11.5. The first kappa shape index (κ1) is 16.1. The summed E-state index contributed by atoms with van der Waals surface area (Å²) in [6, 6.07) is 0. The third-order valence-electron chi connectivity index (χ3n) is 2.16. The quantitative estimate of drug-likeness (QED) is 0.456. The molecule has 5 heteroatoms. The summed E-state index contributed by atoms with van der Waals surface area (Å²) < 4.78 is 10.4. The molecule has 100 valence electrons. The van der Waals surface area contributed by atoms with Crippen LogP contribution < -0.4 is 5.32 Å². The molecule has 0 aliphatic rings. The zero-order valence-electron chi connectivity index (χ0n) is 11.0. The Kier molecular flexibility index (Phi) is 8.62. The van der Waals surface area contributed by atoms with Crippen molar-refractivity contribution < 1.29 is 19.1 Å². The average molecular weight is 245 g/mol. The summed E-state index contributed by atoms with van der Waals surface area (Å²) >= 11 is 0. The number of amides is 1. The fraction of sp³-hybridized carbons (Fsp3) is 0.833. The molecule has 0 aliphatic carbocycles. The number of hydrogen-bond acceptors (Lipinski definition) is 4. The molecular weight excluding hydrogens is 222 g/mol. The molecule has 0 saturated carbocycles. The van der Waals surface area contributed by atoms with Crippen molar-refractivity contribution in [2.75, 3.05) is 33.0 Å². The van der Waals surface area contributed by atoms with E-state index in [-0.39, 0.29) is 11.2 Å². The minimum absolute atomic E-state index is 0.202. The molecule has 1 N–H and O–H groups in total. The number of ketones is 1. The Morgan fingerprint density at radius 2 is 1.71 bits per heavy atom. The molecular formula is C12H23NO4. The van der Waals surface area contributed by atoms with E-state index in [0.29, 0.717) is 45.8 Å². The second kappa shape index (κ2) is 9.13. The lowest BCUT2D eigenvalue weighted by Crippen LogP contribution is -2.22. The van der Waals surface area contributed by atoms with Crippen LogP contribution in [-0.4, -0.2) is 45.2 Å². The van der Waals surface area contributed by atoms with Crippen LogP contribution in [0.2, 0.25) is 0 Å². The molecule has 0 atom stereocenters. The van der Waals surface area contributed by atoms with Gasteiger partial charge in [-0.15, -0.1) is 0 Å². The molecule has 0 fully saturated rings. The number of carbonyl (C=O) groups is 2. The van der Waals surface area contributed by atoms with Gasteiger partial charge in [-0.3, -0.25) is 9.59 Å². The first-order chi connectivity index (χ1) is 7.98. The fourth-order valence-electron chi connectivity index (χ4n) is 1.05. The highest BCUT2D eigenvalue weighted by atomic mass is 16.5. The zero-order valence-corrected chi connectivity index (χ0v) is 11.0. The second-order valence-electron chi connectivity index (χ2n) is 4.72. The van der Waals surface area contributed by atoms with Crippen molar-refractivity contribution in [1.82, 2.24) is 5.32 Å². The summed E-state index contributed by atoms with van der Waals surface area (Å²) in [6.45, 7) is 8.07. The van der Waals surface area contributed by atoms with E-state index in [2.05, 4.69) is 5.32 Å². The summed E-state index contributed by atoms with van der Waals surface area (Å²) in [6.07, 6.45) is 1.08. The van der Waals surface area contributed by atoms with Crippen LogP contribution in [0, 0.1) is 5.41 Å². The van der Waals surface area contributed by atoms with Gasteiger partial charge in [0.1, 0.15) is 5.78 Å². The van der Waals surface area contributed by atoms with E-state index in [1.165, 1.54) is 0 Å². The minimum Gasteiger partial charge on any atom is -0.379 e. The van der Waals surface area contributed by atoms with E-state index in [4.69, 9.17) is 9.47 Å². The molecule has 0 heterocycles. The van der Waals surface area contributed by atoms with E-state index >= 15 is 0 Å². The average Bonchev–Trinajstić information content (AvgIpc) is 2.25. The van der Waals surface area contributed by atoms with Crippen molar-refractivity contribution in [3.8, 4) is 0 Å². The molecule has 0 aromatic heterocycles. The topological polar surface area (TPSA) is 64.6 Å². The smallest absolute Gasteiger partial charge is 0.207 e. The van der Waals surface area contributed by atoms with Gasteiger partial charge in [0, 0.05) is 18.4 Å². The van der Waals surface area contributed by atoms with Crippen LogP contribution in [-0.2, 0) is 19.1 Å². The molecule has 17 heavy (non-hydrogen) atoms. The molecule has 0 bridgehead atoms. The third-order valence-corrected chi connectivity index (χ3v) is 2.16. The number of carbonyl (C=O) groups excluding carboxylic acids is 2. The Hall–Kier alpha value is -0.940. The van der Waals surface area contributed by atoms with Crippen molar-refractivity contribution in [3.63, 3.8) is 0 Å². The minimum atomic E-state index is -0.291. The van der Waals surface area contributed by atoms with Gasteiger partial charge >= 0.3 is 0 Å². The van der Waals surface area contributed by atoms with Gasteiger partial charge in [-0.1, -0.05) is 20.8 Å². The van der Waals surface area contributed by atoms with Crippen LogP contribution in [0.1, 0.15) is 27.2 Å². The summed E-state index contributed by atoms with van der Waals surface area (Å²) in [5.74, 6) is 0.202. The molecule has 0 aromatic carbocycles. The molecule has 0 aromatic rings. The number of ether oxygens (including phenoxy) is 2. The Balaban J connectivity index is 3.24. The van der Waals surface area contributed by atoms with Crippen LogP contribution >= 0.6 is 0 Å². The molecule has 0 aliphatic heterocycles. The fourth-order valence-corrected chi connectivity index (χ4v) is 1.05. The largest absolute Gasteiger partial charge is 0.379 e. The van der Waals surface area contributed by atoms with Gasteiger partial charge in [0.25, 0.3) is 0 Å². The lowest BCUT2D eigenvalue weighted by atomic mass is 9.89. The number of hydrogen-bond donors (Lipinski definition) is 1. The Morgan fingerprint density at radius 1 is 1.12 bits per heavy atom. The van der Waals surface area contributed by atoms with Gasteiger partial charge in [0.2, 0.25) is 6.41 Å². The first-order valence-electron chi connectivity index (χ1n) is 5.84. The summed E-state index contributed by atoms with van der Waals surface area (Å²) in [4.78, 5) is 21.4. The summed E-state index contributed by atoms with van der Waals surface area (Å²) in [5.41, 5.74) is -0.291. The third kappa shape index (κ3) is 9.96. The van der Waals surface area contributed by atoms with Gasteiger partial charge in [-0.2, -0.15) is 0 Å². The molecule has 5 nitrogen and oxygen atoms in total. The monoisotopic (exact) mass is 245 g/mol. The van der Waals surface area contributed by atoms with Gasteiger partial charge in [0.15, 0.2) is 0 Å². The predicted molar refractivity (Wildman–Crippen MR) is 64.8 cm³/mol. The molecule has 0 spiro atoms. The van der Waals surface area contributed by atoms with E-state index in [9.17, 15) is 9.59 Å². The van der Waals surface area contributed by atoms with E-state index in [1.807, 2.05) is 20.8 Å². The van der Waals surface area contributed by atoms with Gasteiger partial charge in [0.05, 0.1) is 26.4 Å². The Morgan fingerprint density at radius 3 is 2.24 bits per heavy atom. The normalized spacial score (nSPS) is 11.2. The maximum absolute atomic E-state index is 11.5. The molecule has 0 saturated heterocycles. The van der Waals surface area contributed by atoms with Crippen LogP contribution in [0.15, 0.2) is 0 Å². The van der Waals surface area contributed by atoms with Crippen molar-refractivity contribution in [1.29, 1.82) is 0 Å². The van der Waals surface area contributed by atoms with E-state index < -0.39 is 0 Å². The summed E-state index contributed by atoms with van der Waals surface area (Å²) in [7, 11) is 0. The molecule has 0 rings (SSSR count). The Bertz CT molecular complexity index is 223. The van der Waals surface area contributed by atoms with Crippen molar-refractivity contribution in [2.45, 2.75) is 27.2 Å². The van der Waals surface area contributed by atoms with Gasteiger partial charge < -0.3 is 14.8 Å². The Labute approximate surface area is 103 Å². The van der Waals surface area contributed by atoms with Crippen LogP contribution in [0.4, 0.5) is 0 Å². The highest BCUT2D eigenvalue weighted by Crippen LogP contribution is 2.16. The lowest BCUT2D eigenvalue weighted by Gasteiger charge is -2.16. The highest BCUT2D eigenvalue weighted by molar-refractivity contribution is 5.83. The van der Waals surface area contributed by atoms with Crippen molar-refractivity contribution in [2.24, 2.45) is 5.41 Å².